The summed E-state index contributed by atoms with van der Waals surface area (Å²) in [5.74, 6) is 1.93. The first-order valence-electron chi connectivity index (χ1n) is 8.83. The molecule has 0 aromatic heterocycles. The fraction of sp³-hybridized carbons (Fsp3) is 0.227. The van der Waals surface area contributed by atoms with E-state index in [1.54, 1.807) is 19.3 Å². The molecule has 0 aliphatic carbocycles. The average Bonchev–Trinajstić information content (AvgIpc) is 2.71. The summed E-state index contributed by atoms with van der Waals surface area (Å²) < 4.78 is 16.5. The van der Waals surface area contributed by atoms with Gasteiger partial charge in [-0.2, -0.15) is 0 Å². The summed E-state index contributed by atoms with van der Waals surface area (Å²) in [6.07, 6.45) is 5.70. The van der Waals surface area contributed by atoms with Crippen LogP contribution in [0, 0.1) is 0 Å². The van der Waals surface area contributed by atoms with Crippen molar-refractivity contribution in [3.8, 4) is 17.2 Å². The molecule has 5 nitrogen and oxygen atoms in total. The second-order valence-corrected chi connectivity index (χ2v) is 6.08. The van der Waals surface area contributed by atoms with Gasteiger partial charge < -0.3 is 19.5 Å². The van der Waals surface area contributed by atoms with Gasteiger partial charge in [0.2, 0.25) is 5.91 Å². The molecule has 1 atom stereocenters. The maximum atomic E-state index is 12.4. The van der Waals surface area contributed by atoms with Crippen LogP contribution in [0.3, 0.4) is 0 Å². The topological polar surface area (TPSA) is 56.8 Å². The quantitative estimate of drug-likeness (QED) is 0.597. The molecule has 1 aliphatic heterocycles. The molecule has 2 aromatic carbocycles. The Kier molecular flexibility index (Phi) is 6.15. The summed E-state index contributed by atoms with van der Waals surface area (Å²) in [4.78, 5) is 12.4. The van der Waals surface area contributed by atoms with E-state index in [-0.39, 0.29) is 11.9 Å². The Morgan fingerprint density at radius 1 is 1.30 bits per heavy atom. The highest BCUT2D eigenvalue weighted by molar-refractivity contribution is 5.92. The maximum absolute atomic E-state index is 12.4. The first-order valence-corrected chi connectivity index (χ1v) is 8.83. The minimum Gasteiger partial charge on any atom is -0.493 e. The predicted molar refractivity (Wildman–Crippen MR) is 105 cm³/mol. The van der Waals surface area contributed by atoms with Gasteiger partial charge in [0.15, 0.2) is 11.5 Å². The molecule has 0 radical (unpaired) electrons. The van der Waals surface area contributed by atoms with Crippen molar-refractivity contribution >= 4 is 12.0 Å². The Bertz CT molecular complexity index is 844. The van der Waals surface area contributed by atoms with E-state index in [0.717, 1.165) is 23.3 Å². The Labute approximate surface area is 159 Å². The zero-order valence-corrected chi connectivity index (χ0v) is 15.3. The number of amides is 1. The molecule has 140 valence electrons. The van der Waals surface area contributed by atoms with Gasteiger partial charge in [-0.1, -0.05) is 36.9 Å². The molecule has 2 aromatic rings. The van der Waals surface area contributed by atoms with Gasteiger partial charge in [0.05, 0.1) is 19.8 Å². The molecule has 3 rings (SSSR count). The Morgan fingerprint density at radius 2 is 2.15 bits per heavy atom. The first kappa shape index (κ1) is 18.6. The van der Waals surface area contributed by atoms with Crippen LogP contribution >= 0.6 is 0 Å². The number of carbonyl (C=O) groups is 1. The van der Waals surface area contributed by atoms with Crippen LogP contribution in [-0.4, -0.2) is 26.2 Å². The molecule has 0 bridgehead atoms. The van der Waals surface area contributed by atoms with Gasteiger partial charge in [-0.3, -0.25) is 4.79 Å². The third-order valence-corrected chi connectivity index (χ3v) is 4.25. The number of ether oxygens (including phenoxy) is 3. The van der Waals surface area contributed by atoms with Crippen LogP contribution in [-0.2, 0) is 4.79 Å². The molecule has 0 fully saturated rings. The van der Waals surface area contributed by atoms with Gasteiger partial charge in [-0.05, 0) is 29.8 Å². The molecule has 1 N–H and O–H groups in total. The number of benzene rings is 2. The van der Waals surface area contributed by atoms with E-state index in [4.69, 9.17) is 14.2 Å². The Balaban J connectivity index is 1.66. The number of para-hydroxylation sites is 1. The highest BCUT2D eigenvalue weighted by Crippen LogP contribution is 2.31. The monoisotopic (exact) mass is 365 g/mol. The van der Waals surface area contributed by atoms with Crippen LogP contribution < -0.4 is 19.5 Å². The van der Waals surface area contributed by atoms with Crippen LogP contribution in [0.15, 0.2) is 61.2 Å². The normalized spacial score (nSPS) is 15.5. The molecule has 0 saturated heterocycles. The van der Waals surface area contributed by atoms with Gasteiger partial charge in [-0.15, -0.1) is 0 Å². The zero-order chi connectivity index (χ0) is 19.1. The van der Waals surface area contributed by atoms with E-state index in [9.17, 15) is 4.79 Å². The van der Waals surface area contributed by atoms with Gasteiger partial charge in [0.1, 0.15) is 12.4 Å². The van der Waals surface area contributed by atoms with Crippen molar-refractivity contribution in [3.05, 3.63) is 72.3 Å². The van der Waals surface area contributed by atoms with E-state index < -0.39 is 0 Å². The summed E-state index contributed by atoms with van der Waals surface area (Å²) in [5.41, 5.74) is 1.86. The number of rotatable bonds is 7. The lowest BCUT2D eigenvalue weighted by molar-refractivity contribution is -0.117. The third kappa shape index (κ3) is 4.70. The van der Waals surface area contributed by atoms with Crippen molar-refractivity contribution in [1.82, 2.24) is 5.32 Å². The molecule has 0 saturated carbocycles. The second kappa shape index (κ2) is 8.94. The van der Waals surface area contributed by atoms with Gasteiger partial charge in [0, 0.05) is 18.1 Å². The summed E-state index contributed by atoms with van der Waals surface area (Å²) in [6, 6.07) is 13.2. The highest BCUT2D eigenvalue weighted by atomic mass is 16.5. The third-order valence-electron chi connectivity index (χ3n) is 4.25. The van der Waals surface area contributed by atoms with Crippen LogP contribution in [0.4, 0.5) is 0 Å². The lowest BCUT2D eigenvalue weighted by atomic mass is 10.0. The molecular weight excluding hydrogens is 342 g/mol. The second-order valence-electron chi connectivity index (χ2n) is 6.08. The number of carbonyl (C=O) groups excluding carboxylic acids is 1. The number of nitrogens with one attached hydrogen (secondary N) is 1. The average molecular weight is 365 g/mol. The molecule has 1 heterocycles. The van der Waals surface area contributed by atoms with Crippen LogP contribution in [0.2, 0.25) is 0 Å². The molecule has 1 amide bonds. The standard InChI is InChI=1S/C22H23NO4/c1-3-13-26-20-10-8-16(15-21(20)25-2)9-11-22(24)23-18-12-14-27-19-7-5-4-6-17(18)19/h3-11,15,18H,1,12-14H2,2H3,(H,23,24)/b11-9+/t18-/m1/s1. The zero-order valence-electron chi connectivity index (χ0n) is 15.3. The van der Waals surface area contributed by atoms with Crippen molar-refractivity contribution < 1.29 is 19.0 Å². The van der Waals surface area contributed by atoms with Crippen LogP contribution in [0.5, 0.6) is 17.2 Å². The fourth-order valence-electron chi connectivity index (χ4n) is 2.94. The Morgan fingerprint density at radius 3 is 2.96 bits per heavy atom. The number of fused-ring (bicyclic) bond motifs is 1. The van der Waals surface area contributed by atoms with Crippen LogP contribution in [0.25, 0.3) is 6.08 Å². The van der Waals surface area contributed by atoms with Crippen molar-refractivity contribution in [2.75, 3.05) is 20.3 Å². The van der Waals surface area contributed by atoms with Gasteiger partial charge in [-0.25, -0.2) is 0 Å². The van der Waals surface area contributed by atoms with E-state index in [1.165, 1.54) is 6.08 Å². The summed E-state index contributed by atoms with van der Waals surface area (Å²) in [6.45, 7) is 4.63. The number of methoxy groups -OCH3 is 1. The number of hydrogen-bond acceptors (Lipinski definition) is 4. The summed E-state index contributed by atoms with van der Waals surface area (Å²) >= 11 is 0. The van der Waals surface area contributed by atoms with Crippen LogP contribution in [0.1, 0.15) is 23.6 Å². The molecule has 5 heteroatoms. The smallest absolute Gasteiger partial charge is 0.244 e. The minimum absolute atomic E-state index is 0.0451. The number of hydrogen-bond donors (Lipinski definition) is 1. The molecule has 0 spiro atoms. The van der Waals surface area contributed by atoms with Crippen molar-refractivity contribution in [1.29, 1.82) is 0 Å². The molecular formula is C22H23NO4. The molecule has 27 heavy (non-hydrogen) atoms. The fourth-order valence-corrected chi connectivity index (χ4v) is 2.94. The van der Waals surface area contributed by atoms with Crippen molar-refractivity contribution in [2.45, 2.75) is 12.5 Å². The van der Waals surface area contributed by atoms with E-state index in [2.05, 4.69) is 11.9 Å². The summed E-state index contributed by atoms with van der Waals surface area (Å²) in [5, 5.41) is 3.04. The minimum atomic E-state index is -0.150. The predicted octanol–water partition coefficient (Wildman–Crippen LogP) is 3.91. The maximum Gasteiger partial charge on any atom is 0.244 e. The molecule has 0 unspecified atom stereocenters. The lowest BCUT2D eigenvalue weighted by Gasteiger charge is -2.26. The Hall–Kier alpha value is -3.21. The van der Waals surface area contributed by atoms with E-state index in [0.29, 0.717) is 24.7 Å². The molecule has 1 aliphatic rings. The SMILES string of the molecule is C=CCOc1ccc(/C=C/C(=O)N[C@@H]2CCOc3ccccc32)cc1OC. The van der Waals surface area contributed by atoms with Crippen molar-refractivity contribution in [3.63, 3.8) is 0 Å². The van der Waals surface area contributed by atoms with Crippen molar-refractivity contribution in [2.24, 2.45) is 0 Å². The van der Waals surface area contributed by atoms with Gasteiger partial charge in [0.25, 0.3) is 0 Å². The largest absolute Gasteiger partial charge is 0.493 e. The van der Waals surface area contributed by atoms with E-state index in [1.807, 2.05) is 42.5 Å². The lowest BCUT2D eigenvalue weighted by Crippen LogP contribution is -2.30. The van der Waals surface area contributed by atoms with Gasteiger partial charge >= 0.3 is 0 Å². The highest BCUT2D eigenvalue weighted by Gasteiger charge is 2.21. The summed E-state index contributed by atoms with van der Waals surface area (Å²) in [7, 11) is 1.58. The van der Waals surface area contributed by atoms with E-state index >= 15 is 0 Å². The first-order chi connectivity index (χ1) is 13.2.